The highest BCUT2D eigenvalue weighted by Crippen LogP contribution is 2.27. The number of nitrogens with zero attached hydrogens (tertiary/aromatic N) is 1. The minimum atomic E-state index is -0.348. The van der Waals surface area contributed by atoms with Crippen LogP contribution in [0.2, 0.25) is 5.02 Å². The second kappa shape index (κ2) is 10.3. The summed E-state index contributed by atoms with van der Waals surface area (Å²) in [6, 6.07) is 13.7. The minimum Gasteiger partial charge on any atom is -0.484 e. The van der Waals surface area contributed by atoms with E-state index < -0.39 is 0 Å². The van der Waals surface area contributed by atoms with E-state index in [2.05, 4.69) is 10.6 Å². The van der Waals surface area contributed by atoms with E-state index in [0.717, 1.165) is 0 Å². The molecule has 3 rings (SSSR count). The number of anilines is 2. The molecule has 2 aromatic rings. The van der Waals surface area contributed by atoms with Gasteiger partial charge in [-0.05, 0) is 54.4 Å². The van der Waals surface area contributed by atoms with E-state index in [0.29, 0.717) is 41.2 Å². The standard InChI is InChI=1S/C23H26ClN3O4/c1-15(2)12-25-23(30)16-11-22(29)27(13-16)19-7-9-20(10-8-19)31-14-21(28)26-18-5-3-17(24)4-6-18/h3-10,15-16H,11-14H2,1-2H3,(H,25,30)(H,26,28)/t16-/m0/s1. The summed E-state index contributed by atoms with van der Waals surface area (Å²) < 4.78 is 5.52. The number of carbonyl (C=O) groups excluding carboxylic acids is 3. The Bertz CT molecular complexity index is 929. The maximum atomic E-state index is 12.4. The van der Waals surface area contributed by atoms with Gasteiger partial charge in [-0.25, -0.2) is 0 Å². The van der Waals surface area contributed by atoms with Crippen molar-refractivity contribution in [1.29, 1.82) is 0 Å². The van der Waals surface area contributed by atoms with Gasteiger partial charge >= 0.3 is 0 Å². The Labute approximate surface area is 186 Å². The zero-order valence-electron chi connectivity index (χ0n) is 17.6. The first-order valence-electron chi connectivity index (χ1n) is 10.2. The molecule has 1 saturated heterocycles. The first-order valence-corrected chi connectivity index (χ1v) is 10.6. The maximum absolute atomic E-state index is 12.4. The highest BCUT2D eigenvalue weighted by Gasteiger charge is 2.35. The van der Waals surface area contributed by atoms with E-state index in [1.807, 2.05) is 13.8 Å². The Kier molecular flexibility index (Phi) is 7.52. The third-order valence-electron chi connectivity index (χ3n) is 4.83. The van der Waals surface area contributed by atoms with Crippen LogP contribution in [0.5, 0.6) is 5.75 Å². The molecule has 1 aliphatic rings. The zero-order chi connectivity index (χ0) is 22.4. The van der Waals surface area contributed by atoms with E-state index in [9.17, 15) is 14.4 Å². The molecule has 0 bridgehead atoms. The van der Waals surface area contributed by atoms with Crippen molar-refractivity contribution in [2.45, 2.75) is 20.3 Å². The summed E-state index contributed by atoms with van der Waals surface area (Å²) in [5.41, 5.74) is 1.33. The van der Waals surface area contributed by atoms with Crippen LogP contribution in [-0.2, 0) is 14.4 Å². The Morgan fingerprint density at radius 3 is 2.45 bits per heavy atom. The lowest BCUT2D eigenvalue weighted by Gasteiger charge is -2.17. The molecule has 1 atom stereocenters. The van der Waals surface area contributed by atoms with Gasteiger partial charge in [0.1, 0.15) is 5.75 Å². The Hall–Kier alpha value is -3.06. The van der Waals surface area contributed by atoms with E-state index in [-0.39, 0.29) is 36.7 Å². The molecule has 7 nitrogen and oxygen atoms in total. The fourth-order valence-corrected chi connectivity index (χ4v) is 3.31. The maximum Gasteiger partial charge on any atom is 0.262 e. The number of carbonyl (C=O) groups is 3. The summed E-state index contributed by atoms with van der Waals surface area (Å²) >= 11 is 5.83. The highest BCUT2D eigenvalue weighted by molar-refractivity contribution is 6.30. The molecule has 1 fully saturated rings. The van der Waals surface area contributed by atoms with Gasteiger partial charge in [0.15, 0.2) is 6.61 Å². The van der Waals surface area contributed by atoms with Crippen molar-refractivity contribution >= 4 is 40.7 Å². The fourth-order valence-electron chi connectivity index (χ4n) is 3.18. The number of benzene rings is 2. The Morgan fingerprint density at radius 1 is 1.13 bits per heavy atom. The van der Waals surface area contributed by atoms with Gasteiger partial charge in [0, 0.05) is 35.9 Å². The first-order chi connectivity index (χ1) is 14.8. The number of hydrogen-bond donors (Lipinski definition) is 2. The van der Waals surface area contributed by atoms with Gasteiger partial charge in [0.05, 0.1) is 5.92 Å². The van der Waals surface area contributed by atoms with Crippen LogP contribution in [0.1, 0.15) is 20.3 Å². The van der Waals surface area contributed by atoms with Gasteiger partial charge in [-0.2, -0.15) is 0 Å². The molecular formula is C23H26ClN3O4. The largest absolute Gasteiger partial charge is 0.484 e. The van der Waals surface area contributed by atoms with Crippen LogP contribution in [0, 0.1) is 11.8 Å². The monoisotopic (exact) mass is 443 g/mol. The second-order valence-corrected chi connectivity index (χ2v) is 8.32. The lowest BCUT2D eigenvalue weighted by Crippen LogP contribution is -2.35. The number of ether oxygens (including phenoxy) is 1. The molecule has 0 spiro atoms. The molecule has 0 saturated carbocycles. The van der Waals surface area contributed by atoms with Crippen molar-refractivity contribution < 1.29 is 19.1 Å². The van der Waals surface area contributed by atoms with Gasteiger partial charge in [-0.3, -0.25) is 14.4 Å². The van der Waals surface area contributed by atoms with Crippen LogP contribution in [-0.4, -0.2) is 37.4 Å². The number of rotatable bonds is 8. The summed E-state index contributed by atoms with van der Waals surface area (Å²) in [5, 5.41) is 6.20. The average Bonchev–Trinajstić information content (AvgIpc) is 3.14. The van der Waals surface area contributed by atoms with Gasteiger partial charge in [-0.15, -0.1) is 0 Å². The summed E-state index contributed by atoms with van der Waals surface area (Å²) in [6.45, 7) is 4.85. The minimum absolute atomic E-state index is 0.0827. The normalized spacial score (nSPS) is 15.8. The molecule has 8 heteroatoms. The number of amides is 3. The Balaban J connectivity index is 1.50. The van der Waals surface area contributed by atoms with Gasteiger partial charge in [0.25, 0.3) is 5.91 Å². The summed E-state index contributed by atoms with van der Waals surface area (Å²) in [6.07, 6.45) is 0.201. The average molecular weight is 444 g/mol. The zero-order valence-corrected chi connectivity index (χ0v) is 18.3. The number of halogens is 1. The fraction of sp³-hybridized carbons (Fsp3) is 0.348. The molecule has 0 radical (unpaired) electrons. The molecule has 0 aromatic heterocycles. The van der Waals surface area contributed by atoms with Crippen LogP contribution >= 0.6 is 11.6 Å². The topological polar surface area (TPSA) is 87.7 Å². The van der Waals surface area contributed by atoms with Crippen LogP contribution < -0.4 is 20.3 Å². The summed E-state index contributed by atoms with van der Waals surface area (Å²) in [4.78, 5) is 38.3. The highest BCUT2D eigenvalue weighted by atomic mass is 35.5. The van der Waals surface area contributed by atoms with Crippen molar-refractivity contribution in [2.24, 2.45) is 11.8 Å². The SMILES string of the molecule is CC(C)CNC(=O)[C@H]1CC(=O)N(c2ccc(OCC(=O)Nc3ccc(Cl)cc3)cc2)C1. The van der Waals surface area contributed by atoms with Gasteiger partial charge < -0.3 is 20.3 Å². The third-order valence-corrected chi connectivity index (χ3v) is 5.08. The summed E-state index contributed by atoms with van der Waals surface area (Å²) in [7, 11) is 0. The molecular weight excluding hydrogens is 418 g/mol. The van der Waals surface area contributed by atoms with Gasteiger partial charge in [0.2, 0.25) is 11.8 Å². The van der Waals surface area contributed by atoms with Crippen molar-refractivity contribution in [3.63, 3.8) is 0 Å². The van der Waals surface area contributed by atoms with E-state index in [1.54, 1.807) is 53.4 Å². The van der Waals surface area contributed by atoms with Crippen molar-refractivity contribution in [1.82, 2.24) is 5.32 Å². The van der Waals surface area contributed by atoms with Crippen molar-refractivity contribution in [2.75, 3.05) is 29.9 Å². The van der Waals surface area contributed by atoms with Crippen LogP contribution in [0.4, 0.5) is 11.4 Å². The number of nitrogens with one attached hydrogen (secondary N) is 2. The number of hydrogen-bond acceptors (Lipinski definition) is 4. The predicted octanol–water partition coefficient (Wildman–Crippen LogP) is 3.48. The molecule has 3 amide bonds. The quantitative estimate of drug-likeness (QED) is 0.653. The van der Waals surface area contributed by atoms with Crippen molar-refractivity contribution in [3.05, 3.63) is 53.6 Å². The Morgan fingerprint density at radius 2 is 1.81 bits per heavy atom. The molecule has 1 aliphatic heterocycles. The van der Waals surface area contributed by atoms with E-state index in [1.165, 1.54) is 0 Å². The molecule has 31 heavy (non-hydrogen) atoms. The lowest BCUT2D eigenvalue weighted by atomic mass is 10.1. The predicted molar refractivity (Wildman–Crippen MR) is 120 cm³/mol. The lowest BCUT2D eigenvalue weighted by molar-refractivity contribution is -0.126. The molecule has 0 unspecified atom stereocenters. The molecule has 164 valence electrons. The van der Waals surface area contributed by atoms with Crippen LogP contribution in [0.3, 0.4) is 0 Å². The van der Waals surface area contributed by atoms with E-state index in [4.69, 9.17) is 16.3 Å². The molecule has 2 aromatic carbocycles. The third kappa shape index (κ3) is 6.46. The molecule has 2 N–H and O–H groups in total. The van der Waals surface area contributed by atoms with Crippen LogP contribution in [0.15, 0.2) is 48.5 Å². The molecule has 1 heterocycles. The van der Waals surface area contributed by atoms with Gasteiger partial charge in [-0.1, -0.05) is 25.4 Å². The first kappa shape index (κ1) is 22.6. The molecule has 0 aliphatic carbocycles. The smallest absolute Gasteiger partial charge is 0.262 e. The van der Waals surface area contributed by atoms with Crippen LogP contribution in [0.25, 0.3) is 0 Å². The van der Waals surface area contributed by atoms with Crippen molar-refractivity contribution in [3.8, 4) is 5.75 Å². The van der Waals surface area contributed by atoms with E-state index >= 15 is 0 Å². The second-order valence-electron chi connectivity index (χ2n) is 7.88. The summed E-state index contributed by atoms with van der Waals surface area (Å²) in [5.74, 6) is 0.0536.